The summed E-state index contributed by atoms with van der Waals surface area (Å²) in [5.41, 5.74) is 1.59. The van der Waals surface area contributed by atoms with Crippen LogP contribution < -0.4 is 0 Å². The molecular weight excluding hydrogens is 208 g/mol. The summed E-state index contributed by atoms with van der Waals surface area (Å²) in [5.74, 6) is 0.677. The van der Waals surface area contributed by atoms with Gasteiger partial charge in [-0.05, 0) is 12.3 Å². The molecule has 1 atom stereocenters. The van der Waals surface area contributed by atoms with Gasteiger partial charge in [-0.1, -0.05) is 69.3 Å². The van der Waals surface area contributed by atoms with Crippen LogP contribution in [0, 0.1) is 5.92 Å². The second kappa shape index (κ2) is 6.85. The van der Waals surface area contributed by atoms with Crippen molar-refractivity contribution in [2.75, 3.05) is 0 Å². The largest absolute Gasteiger partial charge is 0.289 e. The van der Waals surface area contributed by atoms with Crippen molar-refractivity contribution in [3.05, 3.63) is 59.7 Å². The number of allylic oxidation sites excluding steroid dienone is 4. The average molecular weight is 228 g/mol. The Kier molecular flexibility index (Phi) is 5.41. The Bertz CT molecular complexity index is 412. The summed E-state index contributed by atoms with van der Waals surface area (Å²) >= 11 is 0. The highest BCUT2D eigenvalue weighted by Crippen LogP contribution is 2.18. The molecule has 0 amide bonds. The lowest BCUT2D eigenvalue weighted by Crippen LogP contribution is -2.05. The van der Waals surface area contributed by atoms with E-state index in [1.807, 2.05) is 56.3 Å². The SMILES string of the molecule is CC.CC1C=CC(C(=O)c2ccccc2)=CC1. The molecule has 17 heavy (non-hydrogen) atoms. The summed E-state index contributed by atoms with van der Waals surface area (Å²) in [4.78, 5) is 12.0. The Balaban J connectivity index is 0.000000686. The van der Waals surface area contributed by atoms with E-state index >= 15 is 0 Å². The molecular formula is C16H20O. The van der Waals surface area contributed by atoms with Gasteiger partial charge in [-0.3, -0.25) is 4.79 Å². The van der Waals surface area contributed by atoms with Crippen LogP contribution in [0.3, 0.4) is 0 Å². The van der Waals surface area contributed by atoms with E-state index in [-0.39, 0.29) is 5.78 Å². The third-order valence-corrected chi connectivity index (χ3v) is 2.61. The second-order valence-corrected chi connectivity index (χ2v) is 3.93. The van der Waals surface area contributed by atoms with Crippen LogP contribution in [0.1, 0.15) is 37.6 Å². The molecule has 1 aliphatic carbocycles. The van der Waals surface area contributed by atoms with Gasteiger partial charge in [0.2, 0.25) is 0 Å². The zero-order valence-corrected chi connectivity index (χ0v) is 10.8. The maximum absolute atomic E-state index is 12.0. The van der Waals surface area contributed by atoms with E-state index in [2.05, 4.69) is 13.0 Å². The lowest BCUT2D eigenvalue weighted by atomic mass is 9.94. The number of rotatable bonds is 2. The first-order valence-electron chi connectivity index (χ1n) is 6.25. The molecule has 0 N–H and O–H groups in total. The van der Waals surface area contributed by atoms with Gasteiger partial charge in [-0.2, -0.15) is 0 Å². The summed E-state index contributed by atoms with van der Waals surface area (Å²) < 4.78 is 0. The number of ketones is 1. The molecule has 0 aliphatic heterocycles. The minimum atomic E-state index is 0.124. The summed E-state index contributed by atoms with van der Waals surface area (Å²) in [5, 5.41) is 0. The highest BCUT2D eigenvalue weighted by Gasteiger charge is 2.12. The van der Waals surface area contributed by atoms with Crippen LogP contribution in [0.25, 0.3) is 0 Å². The summed E-state index contributed by atoms with van der Waals surface area (Å²) in [6.45, 7) is 6.15. The van der Waals surface area contributed by atoms with Crippen LogP contribution in [-0.4, -0.2) is 5.78 Å². The van der Waals surface area contributed by atoms with E-state index in [9.17, 15) is 4.79 Å². The van der Waals surface area contributed by atoms with E-state index in [4.69, 9.17) is 0 Å². The second-order valence-electron chi connectivity index (χ2n) is 3.93. The van der Waals surface area contributed by atoms with Gasteiger partial charge in [0.15, 0.2) is 5.78 Å². The van der Waals surface area contributed by atoms with Gasteiger partial charge in [0.05, 0.1) is 0 Å². The van der Waals surface area contributed by atoms with Crippen LogP contribution in [0.15, 0.2) is 54.1 Å². The third-order valence-electron chi connectivity index (χ3n) is 2.61. The summed E-state index contributed by atoms with van der Waals surface area (Å²) in [6.07, 6.45) is 7.02. The van der Waals surface area contributed by atoms with Gasteiger partial charge in [-0.15, -0.1) is 0 Å². The van der Waals surface area contributed by atoms with E-state index in [1.165, 1.54) is 0 Å². The van der Waals surface area contributed by atoms with Crippen molar-refractivity contribution >= 4 is 5.78 Å². The molecule has 0 heterocycles. The summed E-state index contributed by atoms with van der Waals surface area (Å²) in [7, 11) is 0. The van der Waals surface area contributed by atoms with Crippen molar-refractivity contribution in [3.8, 4) is 0 Å². The molecule has 1 aromatic carbocycles. The molecule has 1 aliphatic rings. The van der Waals surface area contributed by atoms with Crippen molar-refractivity contribution < 1.29 is 4.79 Å². The molecule has 0 aromatic heterocycles. The fraction of sp³-hybridized carbons (Fsp3) is 0.312. The normalized spacial score (nSPS) is 17.8. The number of carbonyl (C=O) groups excluding carboxylic acids is 1. The van der Waals surface area contributed by atoms with E-state index < -0.39 is 0 Å². The van der Waals surface area contributed by atoms with Crippen LogP contribution >= 0.6 is 0 Å². The van der Waals surface area contributed by atoms with Crippen molar-refractivity contribution in [2.24, 2.45) is 5.92 Å². The van der Waals surface area contributed by atoms with E-state index in [1.54, 1.807) is 0 Å². The predicted molar refractivity (Wildman–Crippen MR) is 73.1 cm³/mol. The molecule has 1 unspecified atom stereocenters. The number of benzene rings is 1. The molecule has 1 heteroatoms. The maximum Gasteiger partial charge on any atom is 0.192 e. The van der Waals surface area contributed by atoms with Crippen LogP contribution in [-0.2, 0) is 0 Å². The van der Waals surface area contributed by atoms with Crippen LogP contribution in [0.2, 0.25) is 0 Å². The van der Waals surface area contributed by atoms with Gasteiger partial charge in [0, 0.05) is 11.1 Å². The molecule has 2 rings (SSSR count). The van der Waals surface area contributed by atoms with Gasteiger partial charge < -0.3 is 0 Å². The fourth-order valence-electron chi connectivity index (χ4n) is 1.65. The smallest absolute Gasteiger partial charge is 0.192 e. The molecule has 0 spiro atoms. The Hall–Kier alpha value is -1.63. The van der Waals surface area contributed by atoms with Gasteiger partial charge in [0.1, 0.15) is 0 Å². The zero-order chi connectivity index (χ0) is 12.7. The number of carbonyl (C=O) groups is 1. The highest BCUT2D eigenvalue weighted by atomic mass is 16.1. The van der Waals surface area contributed by atoms with Gasteiger partial charge in [0.25, 0.3) is 0 Å². The topological polar surface area (TPSA) is 17.1 Å². The Morgan fingerprint density at radius 1 is 1.18 bits per heavy atom. The average Bonchev–Trinajstić information content (AvgIpc) is 2.42. The molecule has 1 nitrogen and oxygen atoms in total. The molecule has 90 valence electrons. The zero-order valence-electron chi connectivity index (χ0n) is 10.8. The van der Waals surface area contributed by atoms with Crippen LogP contribution in [0.4, 0.5) is 0 Å². The first-order valence-corrected chi connectivity index (χ1v) is 6.25. The first kappa shape index (κ1) is 13.4. The van der Waals surface area contributed by atoms with Gasteiger partial charge in [-0.25, -0.2) is 0 Å². The highest BCUT2D eigenvalue weighted by molar-refractivity contribution is 6.10. The molecule has 0 fully saturated rings. The van der Waals surface area contributed by atoms with Crippen molar-refractivity contribution in [1.82, 2.24) is 0 Å². The lowest BCUT2D eigenvalue weighted by Gasteiger charge is -2.10. The fourth-order valence-corrected chi connectivity index (χ4v) is 1.65. The molecule has 0 radical (unpaired) electrons. The van der Waals surface area contributed by atoms with Gasteiger partial charge >= 0.3 is 0 Å². The lowest BCUT2D eigenvalue weighted by molar-refractivity contribution is 0.103. The standard InChI is InChI=1S/C14H14O.C2H6/c1-11-7-9-13(10-8-11)14(15)12-5-3-2-4-6-12;1-2/h2-7,9-11H,8H2,1H3;1-2H3. The quantitative estimate of drug-likeness (QED) is 0.685. The Labute approximate surface area is 104 Å². The predicted octanol–water partition coefficient (Wildman–Crippen LogP) is 4.42. The van der Waals surface area contributed by atoms with Crippen LogP contribution in [0.5, 0.6) is 0 Å². The minimum absolute atomic E-state index is 0.124. The number of hydrogen-bond acceptors (Lipinski definition) is 1. The maximum atomic E-state index is 12.0. The monoisotopic (exact) mass is 228 g/mol. The molecule has 0 saturated carbocycles. The first-order chi connectivity index (χ1) is 8.27. The summed E-state index contributed by atoms with van der Waals surface area (Å²) in [6, 6.07) is 9.42. The minimum Gasteiger partial charge on any atom is -0.289 e. The van der Waals surface area contributed by atoms with Crippen molar-refractivity contribution in [2.45, 2.75) is 27.2 Å². The number of hydrogen-bond donors (Lipinski definition) is 0. The van der Waals surface area contributed by atoms with E-state index in [0.717, 1.165) is 17.6 Å². The van der Waals surface area contributed by atoms with Crippen molar-refractivity contribution in [3.63, 3.8) is 0 Å². The molecule has 0 bridgehead atoms. The Morgan fingerprint density at radius 2 is 1.82 bits per heavy atom. The Morgan fingerprint density at radius 3 is 2.35 bits per heavy atom. The van der Waals surface area contributed by atoms with Crippen molar-refractivity contribution in [1.29, 1.82) is 0 Å². The molecule has 1 aromatic rings. The third kappa shape index (κ3) is 3.70. The number of Topliss-reactive ketones (excluding diaryl/α,β-unsaturated/α-hetero) is 1. The molecule has 0 saturated heterocycles. The van der Waals surface area contributed by atoms with E-state index in [0.29, 0.717) is 5.92 Å².